The Morgan fingerprint density at radius 3 is 2.77 bits per heavy atom. The zero-order chi connectivity index (χ0) is 27.9. The second-order valence-corrected chi connectivity index (χ2v) is 9.71. The molecule has 0 radical (unpaired) electrons. The molecule has 1 fully saturated rings. The fourth-order valence-electron chi connectivity index (χ4n) is 4.64. The summed E-state index contributed by atoms with van der Waals surface area (Å²) in [4.78, 5) is 38.0. The minimum Gasteiger partial charge on any atom is -0.497 e. The number of methoxy groups -OCH3 is 1. The van der Waals surface area contributed by atoms with Crippen molar-refractivity contribution >= 4 is 29.4 Å². The van der Waals surface area contributed by atoms with E-state index in [4.69, 9.17) is 25.6 Å². The van der Waals surface area contributed by atoms with Crippen LogP contribution >= 0.6 is 11.6 Å². The largest absolute Gasteiger partial charge is 0.497 e. The van der Waals surface area contributed by atoms with Gasteiger partial charge in [0.25, 0.3) is 0 Å². The molecule has 206 valence electrons. The number of hydrogen-bond acceptors (Lipinski definition) is 7. The number of carbonyl (C=O) groups excluding carboxylic acids is 2. The standard InChI is InChI=1S/C28H30ClN3O7/c1-17(33)30-24(28(35)36)15-21-14-23(31-39-21)25-10-5-11-32(25)26(34)13-19-7-4-9-22(29)27(19)38-16-18-6-3-8-20(12-18)37-2/h3-4,6-9,12,14,24-25H,5,10-11,13,15-16H2,1-2H3,(H,30,33)(H,35,36). The molecule has 10 nitrogen and oxygen atoms in total. The molecule has 0 saturated carbocycles. The number of aromatic nitrogens is 1. The van der Waals surface area contributed by atoms with Gasteiger partial charge in [0.1, 0.15) is 35.6 Å². The van der Waals surface area contributed by atoms with E-state index < -0.39 is 17.9 Å². The summed E-state index contributed by atoms with van der Waals surface area (Å²) in [6, 6.07) is 13.0. The van der Waals surface area contributed by atoms with Crippen LogP contribution in [0.4, 0.5) is 0 Å². The van der Waals surface area contributed by atoms with Crippen molar-refractivity contribution in [1.29, 1.82) is 0 Å². The molecule has 0 bridgehead atoms. The quantitative estimate of drug-likeness (QED) is 0.363. The zero-order valence-electron chi connectivity index (χ0n) is 21.7. The Morgan fingerprint density at radius 2 is 2.03 bits per heavy atom. The van der Waals surface area contributed by atoms with Gasteiger partial charge < -0.3 is 29.3 Å². The van der Waals surface area contributed by atoms with E-state index in [1.54, 1.807) is 30.2 Å². The number of aliphatic carboxylic acids is 1. The summed E-state index contributed by atoms with van der Waals surface area (Å²) >= 11 is 6.45. The number of benzene rings is 2. The maximum atomic E-state index is 13.4. The van der Waals surface area contributed by atoms with Crippen LogP contribution in [0.15, 0.2) is 53.1 Å². The predicted molar refractivity (Wildman–Crippen MR) is 142 cm³/mol. The Labute approximate surface area is 230 Å². The summed E-state index contributed by atoms with van der Waals surface area (Å²) in [5.74, 6) is -0.261. The average Bonchev–Trinajstić information content (AvgIpc) is 3.57. The van der Waals surface area contributed by atoms with Gasteiger partial charge in [0.2, 0.25) is 11.8 Å². The van der Waals surface area contributed by atoms with E-state index in [0.717, 1.165) is 17.7 Å². The molecule has 0 spiro atoms. The maximum Gasteiger partial charge on any atom is 0.326 e. The number of halogens is 1. The number of nitrogens with one attached hydrogen (secondary N) is 1. The van der Waals surface area contributed by atoms with Crippen LogP contribution in [0, 0.1) is 0 Å². The first-order valence-corrected chi connectivity index (χ1v) is 12.9. The zero-order valence-corrected chi connectivity index (χ0v) is 22.4. The number of carboxylic acid groups (broad SMARTS) is 1. The lowest BCUT2D eigenvalue weighted by Gasteiger charge is -2.23. The molecule has 2 aromatic carbocycles. The molecule has 1 saturated heterocycles. The third-order valence-corrected chi connectivity index (χ3v) is 6.78. The Kier molecular flexibility index (Phi) is 9.08. The van der Waals surface area contributed by atoms with Gasteiger partial charge in [0, 0.05) is 31.5 Å². The van der Waals surface area contributed by atoms with Gasteiger partial charge in [-0.1, -0.05) is 41.0 Å². The van der Waals surface area contributed by atoms with Crippen LogP contribution in [0.25, 0.3) is 0 Å². The molecule has 2 amide bonds. The van der Waals surface area contributed by atoms with Crippen LogP contribution in [0.1, 0.15) is 48.4 Å². The second kappa shape index (κ2) is 12.7. The van der Waals surface area contributed by atoms with Gasteiger partial charge in [-0.05, 0) is 36.6 Å². The molecule has 1 aliphatic rings. The van der Waals surface area contributed by atoms with Crippen molar-refractivity contribution < 1.29 is 33.5 Å². The van der Waals surface area contributed by atoms with E-state index in [2.05, 4.69) is 10.5 Å². The van der Waals surface area contributed by atoms with Gasteiger partial charge in [-0.15, -0.1) is 0 Å². The highest BCUT2D eigenvalue weighted by molar-refractivity contribution is 6.32. The molecule has 2 heterocycles. The van der Waals surface area contributed by atoms with Crippen LogP contribution < -0.4 is 14.8 Å². The van der Waals surface area contributed by atoms with Crippen molar-refractivity contribution in [2.24, 2.45) is 0 Å². The maximum absolute atomic E-state index is 13.4. The van der Waals surface area contributed by atoms with Crippen molar-refractivity contribution in [2.75, 3.05) is 13.7 Å². The predicted octanol–water partition coefficient (Wildman–Crippen LogP) is 3.95. The van der Waals surface area contributed by atoms with Crippen molar-refractivity contribution in [3.63, 3.8) is 0 Å². The van der Waals surface area contributed by atoms with Crippen molar-refractivity contribution in [2.45, 2.75) is 51.3 Å². The summed E-state index contributed by atoms with van der Waals surface area (Å²) in [6.45, 7) is 2.06. The minimum atomic E-state index is -1.17. The molecule has 1 aromatic heterocycles. The topological polar surface area (TPSA) is 131 Å². The first kappa shape index (κ1) is 28.0. The molecular formula is C28H30ClN3O7. The van der Waals surface area contributed by atoms with Gasteiger partial charge in [0.05, 0.1) is 24.6 Å². The van der Waals surface area contributed by atoms with Crippen LogP contribution in [-0.4, -0.2) is 52.6 Å². The minimum absolute atomic E-state index is 0.0565. The number of carboxylic acids is 1. The Balaban J connectivity index is 1.45. The molecular weight excluding hydrogens is 526 g/mol. The van der Waals surface area contributed by atoms with Crippen LogP contribution in [0.5, 0.6) is 11.5 Å². The molecule has 4 rings (SSSR count). The number of rotatable bonds is 11. The number of ether oxygens (including phenoxy) is 2. The van der Waals surface area contributed by atoms with Gasteiger partial charge in [-0.3, -0.25) is 9.59 Å². The van der Waals surface area contributed by atoms with E-state index in [-0.39, 0.29) is 31.4 Å². The Morgan fingerprint density at radius 1 is 1.23 bits per heavy atom. The van der Waals surface area contributed by atoms with E-state index in [0.29, 0.717) is 40.8 Å². The number of para-hydroxylation sites is 1. The first-order valence-electron chi connectivity index (χ1n) is 12.5. The normalized spacial score (nSPS) is 15.6. The number of likely N-dealkylation sites (tertiary alicyclic amines) is 1. The number of hydrogen-bond donors (Lipinski definition) is 2. The summed E-state index contributed by atoms with van der Waals surface area (Å²) in [7, 11) is 1.60. The summed E-state index contributed by atoms with van der Waals surface area (Å²) in [6.07, 6.45) is 1.51. The lowest BCUT2D eigenvalue weighted by Crippen LogP contribution is -2.41. The monoisotopic (exact) mass is 555 g/mol. The fourth-order valence-corrected chi connectivity index (χ4v) is 4.89. The smallest absolute Gasteiger partial charge is 0.326 e. The first-order chi connectivity index (χ1) is 18.7. The van der Waals surface area contributed by atoms with Gasteiger partial charge in [-0.25, -0.2) is 4.79 Å². The van der Waals surface area contributed by atoms with Crippen LogP contribution in [0.2, 0.25) is 5.02 Å². The SMILES string of the molecule is COc1cccc(COc2c(Cl)cccc2CC(=O)N2CCCC2c2cc(CC(NC(C)=O)C(=O)O)on2)c1. The van der Waals surface area contributed by atoms with Gasteiger partial charge in [-0.2, -0.15) is 0 Å². The molecule has 0 aliphatic carbocycles. The summed E-state index contributed by atoms with van der Waals surface area (Å²) in [5, 5.41) is 16.3. The van der Waals surface area contributed by atoms with E-state index in [1.807, 2.05) is 30.3 Å². The lowest BCUT2D eigenvalue weighted by molar-refractivity contribution is -0.141. The average molecular weight is 556 g/mol. The molecule has 2 unspecified atom stereocenters. The highest BCUT2D eigenvalue weighted by Crippen LogP contribution is 2.35. The summed E-state index contributed by atoms with van der Waals surface area (Å²) < 4.78 is 16.7. The Bertz CT molecular complexity index is 1340. The Hall–Kier alpha value is -4.05. The van der Waals surface area contributed by atoms with E-state index in [1.165, 1.54) is 6.92 Å². The molecule has 11 heteroatoms. The molecule has 2 atom stereocenters. The number of nitrogens with zero attached hydrogens (tertiary/aromatic N) is 2. The van der Waals surface area contributed by atoms with E-state index in [9.17, 15) is 19.5 Å². The highest BCUT2D eigenvalue weighted by atomic mass is 35.5. The lowest BCUT2D eigenvalue weighted by atomic mass is 10.1. The van der Waals surface area contributed by atoms with E-state index >= 15 is 0 Å². The van der Waals surface area contributed by atoms with Gasteiger partial charge >= 0.3 is 5.97 Å². The fraction of sp³-hybridized carbons (Fsp3) is 0.357. The van der Waals surface area contributed by atoms with Crippen LogP contribution in [0.3, 0.4) is 0 Å². The second-order valence-electron chi connectivity index (χ2n) is 9.30. The molecule has 3 aromatic rings. The van der Waals surface area contributed by atoms with Crippen LogP contribution in [-0.2, 0) is 33.8 Å². The molecule has 39 heavy (non-hydrogen) atoms. The summed E-state index contributed by atoms with van der Waals surface area (Å²) in [5.41, 5.74) is 2.11. The molecule has 1 aliphatic heterocycles. The molecule has 2 N–H and O–H groups in total. The van der Waals surface area contributed by atoms with Crippen molar-refractivity contribution in [3.8, 4) is 11.5 Å². The van der Waals surface area contributed by atoms with Crippen molar-refractivity contribution in [1.82, 2.24) is 15.4 Å². The number of amides is 2. The number of carbonyl (C=O) groups is 3. The third-order valence-electron chi connectivity index (χ3n) is 6.48. The van der Waals surface area contributed by atoms with Crippen molar-refractivity contribution in [3.05, 3.63) is 76.1 Å². The third kappa shape index (κ3) is 7.08. The van der Waals surface area contributed by atoms with Gasteiger partial charge in [0.15, 0.2) is 0 Å². The highest BCUT2D eigenvalue weighted by Gasteiger charge is 2.33.